The Kier molecular flexibility index (Phi) is 6.05. The summed E-state index contributed by atoms with van der Waals surface area (Å²) in [6, 6.07) is 8.31. The van der Waals surface area contributed by atoms with Gasteiger partial charge in [-0.25, -0.2) is 22.4 Å². The van der Waals surface area contributed by atoms with E-state index in [0.29, 0.717) is 33.7 Å². The zero-order valence-electron chi connectivity index (χ0n) is 19.9. The Bertz CT molecular complexity index is 1490. The van der Waals surface area contributed by atoms with Crippen LogP contribution >= 0.6 is 0 Å². The van der Waals surface area contributed by atoms with Crippen LogP contribution in [0.2, 0.25) is 0 Å². The molecule has 3 heterocycles. The van der Waals surface area contributed by atoms with Crippen molar-refractivity contribution >= 4 is 32.7 Å². The monoisotopic (exact) mass is 481 g/mol. The molecule has 9 nitrogen and oxygen atoms in total. The van der Waals surface area contributed by atoms with E-state index in [0.717, 1.165) is 15.4 Å². The van der Waals surface area contributed by atoms with Crippen LogP contribution < -0.4 is 5.32 Å². The van der Waals surface area contributed by atoms with E-state index >= 15 is 0 Å². The Morgan fingerprint density at radius 3 is 2.53 bits per heavy atom. The lowest BCUT2D eigenvalue weighted by Gasteiger charge is -2.17. The molecule has 0 radical (unpaired) electrons. The largest absolute Gasteiger partial charge is 0.463 e. The van der Waals surface area contributed by atoms with E-state index in [1.165, 1.54) is 20.2 Å². The van der Waals surface area contributed by atoms with Crippen molar-refractivity contribution in [2.24, 2.45) is 0 Å². The molecule has 0 aliphatic heterocycles. The molecule has 1 aromatic carbocycles. The minimum Gasteiger partial charge on any atom is -0.463 e. The highest BCUT2D eigenvalue weighted by molar-refractivity contribution is 7.89. The van der Waals surface area contributed by atoms with Crippen LogP contribution in [0.25, 0.3) is 22.5 Å². The summed E-state index contributed by atoms with van der Waals surface area (Å²) in [4.78, 5) is 18.3. The Balaban J connectivity index is 1.84. The molecule has 0 aliphatic carbocycles. The van der Waals surface area contributed by atoms with Crippen LogP contribution in [0.4, 0.5) is 5.69 Å². The lowest BCUT2D eigenvalue weighted by molar-refractivity contribution is 0.102. The molecule has 4 rings (SSSR count). The van der Waals surface area contributed by atoms with Gasteiger partial charge in [-0.15, -0.1) is 0 Å². The van der Waals surface area contributed by atoms with Gasteiger partial charge in [0.15, 0.2) is 11.4 Å². The molecular weight excluding hydrogens is 454 g/mol. The Labute approximate surface area is 198 Å². The van der Waals surface area contributed by atoms with Crippen LogP contribution in [0.3, 0.4) is 0 Å². The highest BCUT2D eigenvalue weighted by atomic mass is 32.2. The molecule has 178 valence electrons. The summed E-state index contributed by atoms with van der Waals surface area (Å²) < 4.78 is 33.8. The minimum absolute atomic E-state index is 0.0329. The summed E-state index contributed by atoms with van der Waals surface area (Å²) in [7, 11) is -0.727. The molecule has 4 aromatic rings. The van der Waals surface area contributed by atoms with E-state index in [4.69, 9.17) is 4.42 Å². The van der Waals surface area contributed by atoms with Gasteiger partial charge in [-0.05, 0) is 69.2 Å². The molecule has 1 amide bonds. The van der Waals surface area contributed by atoms with Crippen LogP contribution in [0.1, 0.15) is 41.4 Å². The predicted molar refractivity (Wildman–Crippen MR) is 130 cm³/mol. The van der Waals surface area contributed by atoms with Gasteiger partial charge < -0.3 is 9.73 Å². The number of nitrogens with one attached hydrogen (secondary N) is 1. The third kappa shape index (κ3) is 4.10. The van der Waals surface area contributed by atoms with E-state index < -0.39 is 15.9 Å². The third-order valence-electron chi connectivity index (χ3n) is 5.74. The molecule has 0 saturated heterocycles. The van der Waals surface area contributed by atoms with Crippen molar-refractivity contribution in [2.75, 3.05) is 19.4 Å². The Hall–Kier alpha value is -3.50. The number of carbonyl (C=O) groups is 1. The number of anilines is 1. The van der Waals surface area contributed by atoms with Gasteiger partial charge >= 0.3 is 0 Å². The van der Waals surface area contributed by atoms with Gasteiger partial charge in [0.1, 0.15) is 5.69 Å². The zero-order valence-corrected chi connectivity index (χ0v) is 20.8. The molecule has 0 fully saturated rings. The summed E-state index contributed by atoms with van der Waals surface area (Å²) >= 11 is 0. The number of nitrogens with zero attached hydrogens (tertiary/aromatic N) is 4. The molecule has 0 atom stereocenters. The van der Waals surface area contributed by atoms with Gasteiger partial charge in [0.2, 0.25) is 10.0 Å². The minimum atomic E-state index is -3.67. The molecule has 10 heteroatoms. The number of rotatable bonds is 6. The first kappa shape index (κ1) is 23.7. The van der Waals surface area contributed by atoms with Gasteiger partial charge in [0, 0.05) is 25.8 Å². The van der Waals surface area contributed by atoms with Crippen LogP contribution in [0, 0.1) is 13.8 Å². The van der Waals surface area contributed by atoms with Crippen molar-refractivity contribution in [3.8, 4) is 11.5 Å². The van der Waals surface area contributed by atoms with Crippen molar-refractivity contribution < 1.29 is 17.6 Å². The van der Waals surface area contributed by atoms with Gasteiger partial charge in [-0.3, -0.25) is 4.79 Å². The maximum absolute atomic E-state index is 13.5. The van der Waals surface area contributed by atoms with Crippen molar-refractivity contribution in [1.82, 2.24) is 19.1 Å². The maximum atomic E-state index is 13.5. The van der Waals surface area contributed by atoms with Crippen molar-refractivity contribution in [1.29, 1.82) is 0 Å². The zero-order chi connectivity index (χ0) is 24.8. The Morgan fingerprint density at radius 2 is 1.91 bits per heavy atom. The van der Waals surface area contributed by atoms with Crippen LogP contribution in [0.5, 0.6) is 0 Å². The maximum Gasteiger partial charge on any atom is 0.256 e. The summed E-state index contributed by atoms with van der Waals surface area (Å²) in [6.45, 7) is 7.61. The van der Waals surface area contributed by atoms with Crippen LogP contribution in [-0.2, 0) is 10.0 Å². The topological polar surface area (TPSA) is 110 Å². The number of hydrogen-bond acceptors (Lipinski definition) is 6. The Morgan fingerprint density at radius 1 is 1.18 bits per heavy atom. The van der Waals surface area contributed by atoms with E-state index in [9.17, 15) is 13.2 Å². The molecule has 0 bridgehead atoms. The molecule has 3 aromatic heterocycles. The second-order valence-corrected chi connectivity index (χ2v) is 10.8. The number of fused-ring (bicyclic) bond motifs is 1. The molecular formula is C24H27N5O4S. The fourth-order valence-corrected chi connectivity index (χ4v) is 4.65. The number of sulfonamides is 1. The third-order valence-corrected chi connectivity index (χ3v) is 7.53. The van der Waals surface area contributed by atoms with Crippen molar-refractivity contribution in [2.45, 2.75) is 38.6 Å². The summed E-state index contributed by atoms with van der Waals surface area (Å²) in [5.41, 5.74) is 3.38. The first-order valence-corrected chi connectivity index (χ1v) is 12.2. The first-order chi connectivity index (χ1) is 16.0. The van der Waals surface area contributed by atoms with Gasteiger partial charge in [-0.2, -0.15) is 5.10 Å². The lowest BCUT2D eigenvalue weighted by Crippen LogP contribution is -2.23. The van der Waals surface area contributed by atoms with Crippen molar-refractivity contribution in [3.05, 3.63) is 59.5 Å². The lowest BCUT2D eigenvalue weighted by atomic mass is 10.1. The average molecular weight is 482 g/mol. The second kappa shape index (κ2) is 8.69. The molecule has 0 spiro atoms. The van der Waals surface area contributed by atoms with Gasteiger partial charge in [0.05, 0.1) is 28.3 Å². The van der Waals surface area contributed by atoms with Crippen molar-refractivity contribution in [3.63, 3.8) is 0 Å². The molecule has 1 N–H and O–H groups in total. The SMILES string of the molecule is Cc1cc(S(=O)(=O)N(C)C)cc(NC(=O)c2cc(-c3ccco3)nc3c2cnn3C(C)C)c1C. The van der Waals surface area contributed by atoms with Crippen LogP contribution in [-0.4, -0.2) is 47.5 Å². The summed E-state index contributed by atoms with van der Waals surface area (Å²) in [5, 5.41) is 7.92. The number of pyridine rings is 1. The number of aryl methyl sites for hydroxylation is 1. The summed E-state index contributed by atoms with van der Waals surface area (Å²) in [5.74, 6) is 0.129. The number of aromatic nitrogens is 3. The molecule has 34 heavy (non-hydrogen) atoms. The molecule has 0 aliphatic rings. The van der Waals surface area contributed by atoms with E-state index in [1.807, 2.05) is 27.7 Å². The fourth-order valence-electron chi connectivity index (χ4n) is 3.64. The highest BCUT2D eigenvalue weighted by Gasteiger charge is 2.23. The molecule has 0 unspecified atom stereocenters. The average Bonchev–Trinajstić information content (AvgIpc) is 3.45. The van der Waals surface area contributed by atoms with Gasteiger partial charge in [-0.1, -0.05) is 0 Å². The normalized spacial score (nSPS) is 12.1. The van der Waals surface area contributed by atoms with Crippen LogP contribution in [0.15, 0.2) is 52.1 Å². The molecule has 0 saturated carbocycles. The highest BCUT2D eigenvalue weighted by Crippen LogP contribution is 2.29. The smallest absolute Gasteiger partial charge is 0.256 e. The van der Waals surface area contributed by atoms with E-state index in [2.05, 4.69) is 15.4 Å². The number of benzene rings is 1. The van der Waals surface area contributed by atoms with Gasteiger partial charge in [0.25, 0.3) is 5.91 Å². The predicted octanol–water partition coefficient (Wildman–Crippen LogP) is 4.39. The first-order valence-electron chi connectivity index (χ1n) is 10.8. The van der Waals surface area contributed by atoms with E-state index in [-0.39, 0.29) is 10.9 Å². The standard InChI is InChI=1S/C24H27N5O4S/c1-14(2)29-23-19(13-25-29)18(12-21(26-23)22-8-7-9-33-22)24(30)27-20-11-17(10-15(3)16(20)4)34(31,32)28(5)6/h7-14H,1-6H3,(H,27,30). The number of hydrogen-bond donors (Lipinski definition) is 1. The quantitative estimate of drug-likeness (QED) is 0.437. The number of amides is 1. The van der Waals surface area contributed by atoms with E-state index in [1.54, 1.807) is 41.4 Å². The fraction of sp³-hybridized carbons (Fsp3) is 0.292. The second-order valence-electron chi connectivity index (χ2n) is 8.61. The number of furan rings is 1. The number of carbonyl (C=O) groups excluding carboxylic acids is 1. The summed E-state index contributed by atoms with van der Waals surface area (Å²) in [6.07, 6.45) is 3.16.